The minimum absolute atomic E-state index is 0.0147. The quantitative estimate of drug-likeness (QED) is 0.100. The Balaban J connectivity index is 1.38. The van der Waals surface area contributed by atoms with Gasteiger partial charge in [0.25, 0.3) is 12.3 Å². The molecule has 3 heterocycles. The number of Topliss-reactive ketones (excluding diaryl/α,β-unsaturated/α-hetero) is 2. The van der Waals surface area contributed by atoms with Gasteiger partial charge in [0.05, 0.1) is 28.3 Å². The molecule has 1 fully saturated rings. The average Bonchev–Trinajstić information content (AvgIpc) is 3.65. The maximum Gasteiger partial charge on any atom is 0.293 e. The van der Waals surface area contributed by atoms with E-state index in [0.29, 0.717) is 43.5 Å². The summed E-state index contributed by atoms with van der Waals surface area (Å²) in [5.74, 6) is -3.33. The first-order chi connectivity index (χ1) is 26.4. The molecule has 0 amide bonds. The summed E-state index contributed by atoms with van der Waals surface area (Å²) in [5.41, 5.74) is -0.642. The second-order valence-corrected chi connectivity index (χ2v) is 15.4. The molecule has 56 heavy (non-hydrogen) atoms. The number of hydrogen-bond donors (Lipinski definition) is 1. The molecule has 0 saturated heterocycles. The first-order valence-corrected chi connectivity index (χ1v) is 18.4. The van der Waals surface area contributed by atoms with Crippen molar-refractivity contribution in [2.24, 2.45) is 13.0 Å². The number of carbonyl (C=O) groups is 2. The van der Waals surface area contributed by atoms with E-state index in [1.807, 2.05) is 0 Å². The lowest BCUT2D eigenvalue weighted by Crippen LogP contribution is -2.24. The third kappa shape index (κ3) is 7.46. The molecule has 1 N–H and O–H groups in total. The highest BCUT2D eigenvalue weighted by molar-refractivity contribution is 6.36. The van der Waals surface area contributed by atoms with Gasteiger partial charge in [-0.2, -0.15) is 19.0 Å². The molecule has 7 rings (SSSR count). The van der Waals surface area contributed by atoms with Crippen molar-refractivity contribution in [2.75, 3.05) is 0 Å². The van der Waals surface area contributed by atoms with Crippen LogP contribution < -0.4 is 0 Å². The van der Waals surface area contributed by atoms with Crippen LogP contribution in [0.2, 0.25) is 5.02 Å². The predicted octanol–water partition coefficient (Wildman–Crippen LogP) is 8.54. The molecule has 2 aromatic carbocycles. The number of alkyl halides is 4. The maximum absolute atomic E-state index is 15.4. The normalized spacial score (nSPS) is 17.4. The van der Waals surface area contributed by atoms with Crippen LogP contribution in [0.5, 0.6) is 0 Å². The zero-order chi connectivity index (χ0) is 40.4. The molecule has 1 saturated carbocycles. The van der Waals surface area contributed by atoms with E-state index in [0.717, 1.165) is 12.1 Å². The standard InChI is InChI=1S/C41H36ClF6N5O3/c1-5-25(54)17-32-34-31(42)9-8-28(37(34)52(4)50-32)27-7-6-24(10-11-40(2,3)56)49-35(27)21(12-20-13-22(43)16-23(44)14-20)15-26(55)19-53-38-33(36(51-53)39(45)46)29-18-30(29)41(38,47)48/h6-9,13-14,16,21,29-30,39,56H,5,12,15,17-19H2,1-4H3/t21-,29+,30-/m1/s1. The van der Waals surface area contributed by atoms with Gasteiger partial charge in [0.15, 0.2) is 5.78 Å². The number of ketones is 2. The number of aromatic nitrogens is 5. The van der Waals surface area contributed by atoms with Gasteiger partial charge in [-0.1, -0.05) is 30.5 Å². The van der Waals surface area contributed by atoms with E-state index in [2.05, 4.69) is 22.0 Å². The molecule has 8 nitrogen and oxygen atoms in total. The van der Waals surface area contributed by atoms with Crippen molar-refractivity contribution in [3.63, 3.8) is 0 Å². The Morgan fingerprint density at radius 2 is 1.73 bits per heavy atom. The van der Waals surface area contributed by atoms with Crippen LogP contribution in [0.25, 0.3) is 22.0 Å². The lowest BCUT2D eigenvalue weighted by molar-refractivity contribution is -0.120. The highest BCUT2D eigenvalue weighted by Gasteiger charge is 2.67. The van der Waals surface area contributed by atoms with Gasteiger partial charge < -0.3 is 5.11 Å². The van der Waals surface area contributed by atoms with E-state index in [1.54, 1.807) is 42.9 Å². The number of rotatable bonds is 12. The molecule has 15 heteroatoms. The van der Waals surface area contributed by atoms with Gasteiger partial charge in [0.1, 0.15) is 46.6 Å². The summed E-state index contributed by atoms with van der Waals surface area (Å²) in [6, 6.07) is 9.47. The first kappa shape index (κ1) is 39.2. The van der Waals surface area contributed by atoms with Gasteiger partial charge in [-0.3, -0.25) is 19.0 Å². The molecular weight excluding hydrogens is 760 g/mol. The predicted molar refractivity (Wildman–Crippen MR) is 195 cm³/mol. The van der Waals surface area contributed by atoms with Crippen LogP contribution >= 0.6 is 11.6 Å². The Kier molecular flexibility index (Phi) is 10.2. The van der Waals surface area contributed by atoms with E-state index in [4.69, 9.17) is 16.6 Å². The zero-order valence-corrected chi connectivity index (χ0v) is 31.5. The van der Waals surface area contributed by atoms with Crippen LogP contribution in [0, 0.1) is 29.4 Å². The number of aryl methyl sites for hydroxylation is 1. The largest absolute Gasteiger partial charge is 0.378 e. The smallest absolute Gasteiger partial charge is 0.293 e. The van der Waals surface area contributed by atoms with Gasteiger partial charge in [-0.15, -0.1) is 0 Å². The number of nitrogens with zero attached hydrogens (tertiary/aromatic N) is 5. The number of halogens is 7. The second-order valence-electron chi connectivity index (χ2n) is 15.0. The summed E-state index contributed by atoms with van der Waals surface area (Å²) in [6.07, 6.45) is -3.42. The van der Waals surface area contributed by atoms with Gasteiger partial charge in [-0.05, 0) is 74.4 Å². The van der Waals surface area contributed by atoms with E-state index < -0.39 is 77.5 Å². The Hall–Kier alpha value is -5.00. The highest BCUT2D eigenvalue weighted by atomic mass is 35.5. The van der Waals surface area contributed by atoms with E-state index in [1.165, 1.54) is 13.8 Å². The molecule has 3 aromatic heterocycles. The molecule has 2 aliphatic carbocycles. The third-order valence-electron chi connectivity index (χ3n) is 10.2. The Bertz CT molecular complexity index is 2460. The van der Waals surface area contributed by atoms with Crippen LogP contribution in [0.1, 0.15) is 97.9 Å². The summed E-state index contributed by atoms with van der Waals surface area (Å²) in [5, 5.41) is 19.6. The minimum atomic E-state index is -3.45. The van der Waals surface area contributed by atoms with E-state index in [9.17, 15) is 32.3 Å². The van der Waals surface area contributed by atoms with Crippen molar-refractivity contribution in [2.45, 2.75) is 89.2 Å². The number of benzene rings is 2. The summed E-state index contributed by atoms with van der Waals surface area (Å²) in [6.45, 7) is 3.91. The summed E-state index contributed by atoms with van der Waals surface area (Å²) in [4.78, 5) is 31.4. The maximum atomic E-state index is 15.4. The van der Waals surface area contributed by atoms with Crippen LogP contribution in [0.3, 0.4) is 0 Å². The van der Waals surface area contributed by atoms with Crippen molar-refractivity contribution < 1.29 is 41.0 Å². The summed E-state index contributed by atoms with van der Waals surface area (Å²) >= 11 is 6.70. The summed E-state index contributed by atoms with van der Waals surface area (Å²) in [7, 11) is 1.67. The highest BCUT2D eigenvalue weighted by Crippen LogP contribution is 2.68. The number of fused-ring (bicyclic) bond motifs is 4. The fourth-order valence-corrected chi connectivity index (χ4v) is 8.04. The third-order valence-corrected chi connectivity index (χ3v) is 10.6. The molecule has 3 atom stereocenters. The number of pyridine rings is 1. The van der Waals surface area contributed by atoms with E-state index >= 15 is 8.78 Å². The number of aliphatic hydroxyl groups is 1. The Morgan fingerprint density at radius 3 is 2.39 bits per heavy atom. The van der Waals surface area contributed by atoms with Crippen molar-refractivity contribution in [1.29, 1.82) is 0 Å². The van der Waals surface area contributed by atoms with E-state index in [-0.39, 0.29) is 54.0 Å². The fraction of sp³-hybridized carbons (Fsp3) is 0.390. The molecule has 0 aliphatic heterocycles. The molecule has 0 spiro atoms. The molecule has 0 radical (unpaired) electrons. The SMILES string of the molecule is CCC(=O)Cc1nn(C)c2c(-c3ccc(C#CC(C)(C)O)nc3[C@@H](CC(=O)Cn3nc(C(F)F)c4c3C(F)(F)[C@@H]3C[C@H]43)Cc3cc(F)cc(F)c3)ccc(Cl)c12. The van der Waals surface area contributed by atoms with Gasteiger partial charge in [0, 0.05) is 59.9 Å². The summed E-state index contributed by atoms with van der Waals surface area (Å²) < 4.78 is 90.3. The number of hydrogen-bond acceptors (Lipinski definition) is 6. The van der Waals surface area contributed by atoms with Gasteiger partial charge in [0.2, 0.25) is 0 Å². The van der Waals surface area contributed by atoms with Gasteiger partial charge >= 0.3 is 0 Å². The lowest BCUT2D eigenvalue weighted by atomic mass is 9.86. The molecule has 0 bridgehead atoms. The van der Waals surface area contributed by atoms with Crippen LogP contribution in [0.4, 0.5) is 26.3 Å². The average molecular weight is 796 g/mol. The van der Waals surface area contributed by atoms with Gasteiger partial charge in [-0.25, -0.2) is 22.5 Å². The van der Waals surface area contributed by atoms with Crippen LogP contribution in [-0.2, 0) is 41.9 Å². The second kappa shape index (κ2) is 14.5. The molecule has 2 aliphatic rings. The lowest BCUT2D eigenvalue weighted by Gasteiger charge is -2.22. The topological polar surface area (TPSA) is 103 Å². The molecule has 5 aromatic rings. The fourth-order valence-electron chi connectivity index (χ4n) is 7.77. The van der Waals surface area contributed by atoms with Crippen molar-refractivity contribution >= 4 is 34.1 Å². The minimum Gasteiger partial charge on any atom is -0.378 e. The monoisotopic (exact) mass is 795 g/mol. The molecule has 0 unspecified atom stereocenters. The zero-order valence-electron chi connectivity index (χ0n) is 30.7. The molecular formula is C41H36ClF6N5O3. The Labute approximate surface area is 322 Å². The molecule has 292 valence electrons. The first-order valence-electron chi connectivity index (χ1n) is 18.0. The van der Waals surface area contributed by atoms with Crippen molar-refractivity contribution in [1.82, 2.24) is 24.5 Å². The number of carbonyl (C=O) groups excluding carboxylic acids is 2. The van der Waals surface area contributed by atoms with Crippen molar-refractivity contribution in [3.8, 4) is 23.0 Å². The van der Waals surface area contributed by atoms with Crippen LogP contribution in [-0.4, -0.2) is 46.8 Å². The Morgan fingerprint density at radius 1 is 1.04 bits per heavy atom. The van der Waals surface area contributed by atoms with Crippen LogP contribution in [0.15, 0.2) is 42.5 Å². The van der Waals surface area contributed by atoms with Crippen molar-refractivity contribution in [3.05, 3.63) is 98.7 Å².